The standard InChI is InChI=1S/C10H6N3S/c1-2-11-9-7(1)5-8(6-13-9)10-12-3-4-14-10/h1-3,5-6H,(H,11,13). The van der Waals surface area contributed by atoms with Crippen LogP contribution in [-0.2, 0) is 0 Å². The van der Waals surface area contributed by atoms with Gasteiger partial charge in [-0.3, -0.25) is 0 Å². The van der Waals surface area contributed by atoms with Crippen molar-refractivity contribution < 1.29 is 0 Å². The fourth-order valence-electron chi connectivity index (χ4n) is 1.38. The van der Waals surface area contributed by atoms with Crippen LogP contribution in [0, 0.1) is 5.38 Å². The van der Waals surface area contributed by atoms with Crippen LogP contribution in [0.4, 0.5) is 0 Å². The van der Waals surface area contributed by atoms with Gasteiger partial charge in [0.15, 0.2) is 0 Å². The molecule has 3 aromatic heterocycles. The van der Waals surface area contributed by atoms with Crippen molar-refractivity contribution in [3.63, 3.8) is 0 Å². The zero-order valence-electron chi connectivity index (χ0n) is 7.19. The third-order valence-electron chi connectivity index (χ3n) is 2.04. The summed E-state index contributed by atoms with van der Waals surface area (Å²) in [6.45, 7) is 0. The molecule has 0 saturated carbocycles. The lowest BCUT2D eigenvalue weighted by atomic mass is 10.2. The molecule has 3 nitrogen and oxygen atoms in total. The fraction of sp³-hybridized carbons (Fsp3) is 0. The number of rotatable bonds is 1. The smallest absolute Gasteiger partial charge is 0.137 e. The van der Waals surface area contributed by atoms with E-state index in [1.807, 2.05) is 18.5 Å². The molecule has 0 spiro atoms. The van der Waals surface area contributed by atoms with Gasteiger partial charge in [-0.15, -0.1) is 11.3 Å². The van der Waals surface area contributed by atoms with E-state index in [0.717, 1.165) is 21.6 Å². The second-order valence-electron chi connectivity index (χ2n) is 2.92. The van der Waals surface area contributed by atoms with Gasteiger partial charge in [-0.1, -0.05) is 0 Å². The van der Waals surface area contributed by atoms with Gasteiger partial charge in [0.05, 0.1) is 5.38 Å². The molecular formula is C10H6N3S. The summed E-state index contributed by atoms with van der Waals surface area (Å²) in [7, 11) is 0. The molecule has 0 bridgehead atoms. The largest absolute Gasteiger partial charge is 0.346 e. The average molecular weight is 200 g/mol. The molecule has 0 fully saturated rings. The van der Waals surface area contributed by atoms with E-state index in [0.29, 0.717) is 0 Å². The quantitative estimate of drug-likeness (QED) is 0.655. The van der Waals surface area contributed by atoms with Crippen LogP contribution in [0.3, 0.4) is 0 Å². The van der Waals surface area contributed by atoms with Crippen LogP contribution in [-0.4, -0.2) is 15.0 Å². The first kappa shape index (κ1) is 7.70. The molecule has 0 saturated heterocycles. The van der Waals surface area contributed by atoms with E-state index in [-0.39, 0.29) is 0 Å². The van der Waals surface area contributed by atoms with Crippen molar-refractivity contribution in [1.82, 2.24) is 15.0 Å². The Hall–Kier alpha value is -1.68. The average Bonchev–Trinajstić information content (AvgIpc) is 2.88. The van der Waals surface area contributed by atoms with Crippen molar-refractivity contribution in [3.8, 4) is 10.6 Å². The lowest BCUT2D eigenvalue weighted by Crippen LogP contribution is -1.79. The van der Waals surface area contributed by atoms with Gasteiger partial charge in [-0.05, 0) is 12.1 Å². The van der Waals surface area contributed by atoms with Crippen molar-refractivity contribution in [2.24, 2.45) is 0 Å². The van der Waals surface area contributed by atoms with Gasteiger partial charge < -0.3 is 4.98 Å². The van der Waals surface area contributed by atoms with Crippen molar-refractivity contribution in [2.45, 2.75) is 0 Å². The molecule has 3 rings (SSSR count). The van der Waals surface area contributed by atoms with Gasteiger partial charge in [0.2, 0.25) is 0 Å². The highest BCUT2D eigenvalue weighted by molar-refractivity contribution is 7.12. The molecule has 1 radical (unpaired) electrons. The zero-order chi connectivity index (χ0) is 9.38. The summed E-state index contributed by atoms with van der Waals surface area (Å²) in [6.07, 6.45) is 5.39. The minimum atomic E-state index is 0.911. The Labute approximate surface area is 84.5 Å². The Kier molecular flexibility index (Phi) is 1.61. The van der Waals surface area contributed by atoms with E-state index in [1.54, 1.807) is 6.20 Å². The molecule has 4 heteroatoms. The third kappa shape index (κ3) is 1.12. The van der Waals surface area contributed by atoms with Crippen LogP contribution >= 0.6 is 11.3 Å². The monoisotopic (exact) mass is 200 g/mol. The number of aromatic amines is 1. The van der Waals surface area contributed by atoms with Crippen molar-refractivity contribution in [1.29, 1.82) is 0 Å². The normalized spacial score (nSPS) is 10.9. The van der Waals surface area contributed by atoms with Gasteiger partial charge in [-0.2, -0.15) is 0 Å². The molecule has 0 aliphatic carbocycles. The van der Waals surface area contributed by atoms with Gasteiger partial charge in [0.1, 0.15) is 10.7 Å². The van der Waals surface area contributed by atoms with Crippen molar-refractivity contribution >= 4 is 22.4 Å². The number of fused-ring (bicyclic) bond motifs is 1. The highest BCUT2D eigenvalue weighted by Crippen LogP contribution is 2.23. The van der Waals surface area contributed by atoms with Crippen LogP contribution in [0.5, 0.6) is 0 Å². The van der Waals surface area contributed by atoms with Gasteiger partial charge >= 0.3 is 0 Å². The molecular weight excluding hydrogens is 194 g/mol. The first-order valence-electron chi connectivity index (χ1n) is 4.19. The van der Waals surface area contributed by atoms with E-state index < -0.39 is 0 Å². The molecule has 14 heavy (non-hydrogen) atoms. The number of hydrogen-bond donors (Lipinski definition) is 1. The Bertz CT molecular complexity index is 554. The summed E-state index contributed by atoms with van der Waals surface area (Å²) >= 11 is 1.50. The van der Waals surface area contributed by atoms with Gasteiger partial charge in [0, 0.05) is 29.5 Å². The highest BCUT2D eigenvalue weighted by Gasteiger charge is 2.02. The fourth-order valence-corrected chi connectivity index (χ4v) is 1.94. The van der Waals surface area contributed by atoms with Gasteiger partial charge in [0.25, 0.3) is 0 Å². The molecule has 1 N–H and O–H groups in total. The Balaban J connectivity index is 2.23. The van der Waals surface area contributed by atoms with Gasteiger partial charge in [-0.25, -0.2) is 9.97 Å². The van der Waals surface area contributed by atoms with E-state index in [1.165, 1.54) is 11.3 Å². The van der Waals surface area contributed by atoms with Crippen LogP contribution in [0.1, 0.15) is 0 Å². The lowest BCUT2D eigenvalue weighted by Gasteiger charge is -1.94. The molecule has 0 aliphatic rings. The van der Waals surface area contributed by atoms with Crippen LogP contribution in [0.2, 0.25) is 0 Å². The Morgan fingerprint density at radius 2 is 2.36 bits per heavy atom. The number of thiazole rings is 1. The molecule has 0 unspecified atom stereocenters. The molecule has 3 heterocycles. The molecule has 0 aliphatic heterocycles. The molecule has 0 amide bonds. The third-order valence-corrected chi connectivity index (χ3v) is 2.79. The molecule has 3 aromatic rings. The number of pyridine rings is 1. The maximum atomic E-state index is 4.29. The Morgan fingerprint density at radius 3 is 3.21 bits per heavy atom. The predicted octanol–water partition coefficient (Wildman–Crippen LogP) is 2.49. The van der Waals surface area contributed by atoms with Crippen LogP contribution in [0.25, 0.3) is 21.6 Å². The number of aromatic nitrogens is 3. The first-order valence-corrected chi connectivity index (χ1v) is 5.00. The summed E-state index contributed by atoms with van der Waals surface area (Å²) in [5.41, 5.74) is 1.96. The lowest BCUT2D eigenvalue weighted by molar-refractivity contribution is 1.31. The van der Waals surface area contributed by atoms with E-state index >= 15 is 0 Å². The number of H-pyrrole nitrogens is 1. The number of hydrogen-bond acceptors (Lipinski definition) is 3. The van der Waals surface area contributed by atoms with E-state index in [2.05, 4.69) is 26.4 Å². The minimum absolute atomic E-state index is 0.911. The second-order valence-corrected chi connectivity index (χ2v) is 3.75. The Morgan fingerprint density at radius 1 is 1.36 bits per heavy atom. The molecule has 67 valence electrons. The molecule has 0 aromatic carbocycles. The second kappa shape index (κ2) is 2.92. The maximum absolute atomic E-state index is 4.29. The number of nitrogens with one attached hydrogen (secondary N) is 1. The zero-order valence-corrected chi connectivity index (χ0v) is 8.01. The summed E-state index contributed by atoms with van der Waals surface area (Å²) in [6, 6.07) is 4.08. The van der Waals surface area contributed by atoms with Crippen LogP contribution in [0.15, 0.2) is 30.7 Å². The highest BCUT2D eigenvalue weighted by atomic mass is 32.1. The minimum Gasteiger partial charge on any atom is -0.346 e. The van der Waals surface area contributed by atoms with E-state index in [9.17, 15) is 0 Å². The SMILES string of the molecule is [c]1cnc(-c2cnc3[nH]ccc3c2)s1. The van der Waals surface area contributed by atoms with Crippen molar-refractivity contribution in [2.75, 3.05) is 0 Å². The summed E-state index contributed by atoms with van der Waals surface area (Å²) in [4.78, 5) is 11.5. The summed E-state index contributed by atoms with van der Waals surface area (Å²) in [5, 5.41) is 5.03. The molecule has 0 atom stereocenters. The first-order chi connectivity index (χ1) is 6.93. The maximum Gasteiger partial charge on any atom is 0.137 e. The van der Waals surface area contributed by atoms with Crippen molar-refractivity contribution in [3.05, 3.63) is 36.1 Å². The predicted molar refractivity (Wildman–Crippen MR) is 56.0 cm³/mol. The van der Waals surface area contributed by atoms with E-state index in [4.69, 9.17) is 0 Å². The van der Waals surface area contributed by atoms with Crippen LogP contribution < -0.4 is 0 Å². The number of nitrogens with zero attached hydrogens (tertiary/aromatic N) is 2. The summed E-state index contributed by atoms with van der Waals surface area (Å²) in [5.74, 6) is 0. The summed E-state index contributed by atoms with van der Waals surface area (Å²) < 4.78 is 0. The topological polar surface area (TPSA) is 41.6 Å².